The highest BCUT2D eigenvalue weighted by Gasteiger charge is 2.11. The van der Waals surface area contributed by atoms with Crippen molar-refractivity contribution in [3.05, 3.63) is 59.6 Å². The highest BCUT2D eigenvalue weighted by molar-refractivity contribution is 6.03. The summed E-state index contributed by atoms with van der Waals surface area (Å²) in [4.78, 5) is 21.0. The van der Waals surface area contributed by atoms with Gasteiger partial charge in [0.2, 0.25) is 0 Å². The topological polar surface area (TPSA) is 66.9 Å². The summed E-state index contributed by atoms with van der Waals surface area (Å²) in [5.41, 5.74) is 2.64. The Morgan fingerprint density at radius 2 is 2.00 bits per heavy atom. The van der Waals surface area contributed by atoms with Gasteiger partial charge < -0.3 is 10.6 Å². The molecule has 1 heterocycles. The maximum atomic E-state index is 12.4. The van der Waals surface area contributed by atoms with Crippen LogP contribution < -0.4 is 10.6 Å². The molecule has 1 aliphatic carbocycles. The van der Waals surface area contributed by atoms with Gasteiger partial charge in [0.15, 0.2) is 0 Å². The molecule has 5 nitrogen and oxygen atoms in total. The second-order valence-corrected chi connectivity index (χ2v) is 6.29. The van der Waals surface area contributed by atoms with Crippen molar-refractivity contribution in [2.24, 2.45) is 0 Å². The fraction of sp³-hybridized carbons (Fsp3) is 0.350. The molecule has 25 heavy (non-hydrogen) atoms. The highest BCUT2D eigenvalue weighted by atomic mass is 16.1. The Bertz CT molecular complexity index is 756. The SMILES string of the molecule is Cc1nc(NCCC2=CCCCC2)cc(C(=O)Nc2ccccc2)n1. The molecular weight excluding hydrogens is 312 g/mol. The van der Waals surface area contributed by atoms with Gasteiger partial charge in [0, 0.05) is 18.3 Å². The van der Waals surface area contributed by atoms with Gasteiger partial charge in [0.1, 0.15) is 17.3 Å². The van der Waals surface area contributed by atoms with Crippen LogP contribution in [0, 0.1) is 6.92 Å². The van der Waals surface area contributed by atoms with E-state index in [1.165, 1.54) is 31.3 Å². The summed E-state index contributed by atoms with van der Waals surface area (Å²) in [7, 11) is 0. The van der Waals surface area contributed by atoms with E-state index in [0.29, 0.717) is 17.3 Å². The Hall–Kier alpha value is -2.69. The van der Waals surface area contributed by atoms with Gasteiger partial charge in [-0.25, -0.2) is 9.97 Å². The molecule has 0 saturated carbocycles. The molecule has 130 valence electrons. The number of rotatable bonds is 6. The van der Waals surface area contributed by atoms with Crippen LogP contribution in [0.5, 0.6) is 0 Å². The summed E-state index contributed by atoms with van der Waals surface area (Å²) in [6.07, 6.45) is 8.38. The Labute approximate surface area is 148 Å². The maximum Gasteiger partial charge on any atom is 0.274 e. The molecule has 1 amide bonds. The Kier molecular flexibility index (Phi) is 5.77. The molecule has 1 aliphatic rings. The van der Waals surface area contributed by atoms with Crippen molar-refractivity contribution in [1.82, 2.24) is 9.97 Å². The Morgan fingerprint density at radius 1 is 1.16 bits per heavy atom. The van der Waals surface area contributed by atoms with Crippen molar-refractivity contribution in [3.8, 4) is 0 Å². The molecule has 1 aromatic heterocycles. The molecule has 0 unspecified atom stereocenters. The van der Waals surface area contributed by atoms with E-state index in [-0.39, 0.29) is 5.91 Å². The predicted molar refractivity (Wildman–Crippen MR) is 101 cm³/mol. The molecular formula is C20H24N4O. The number of anilines is 2. The van der Waals surface area contributed by atoms with Gasteiger partial charge in [-0.3, -0.25) is 4.79 Å². The van der Waals surface area contributed by atoms with Crippen molar-refractivity contribution in [1.29, 1.82) is 0 Å². The van der Waals surface area contributed by atoms with E-state index >= 15 is 0 Å². The predicted octanol–water partition coefficient (Wildman–Crippen LogP) is 4.34. The summed E-state index contributed by atoms with van der Waals surface area (Å²) in [5, 5.41) is 6.17. The zero-order valence-corrected chi connectivity index (χ0v) is 14.6. The van der Waals surface area contributed by atoms with Gasteiger partial charge in [-0.1, -0.05) is 29.8 Å². The van der Waals surface area contributed by atoms with Crippen molar-refractivity contribution in [3.63, 3.8) is 0 Å². The number of para-hydroxylation sites is 1. The molecule has 0 aliphatic heterocycles. The quantitative estimate of drug-likeness (QED) is 0.770. The summed E-state index contributed by atoms with van der Waals surface area (Å²) in [6.45, 7) is 2.62. The zero-order valence-electron chi connectivity index (χ0n) is 14.6. The average molecular weight is 336 g/mol. The van der Waals surface area contributed by atoms with Crippen LogP contribution in [-0.2, 0) is 0 Å². The van der Waals surface area contributed by atoms with E-state index in [2.05, 4.69) is 26.7 Å². The van der Waals surface area contributed by atoms with Gasteiger partial charge in [0.25, 0.3) is 5.91 Å². The van der Waals surface area contributed by atoms with Crippen molar-refractivity contribution in [2.75, 3.05) is 17.2 Å². The monoisotopic (exact) mass is 336 g/mol. The Balaban J connectivity index is 1.61. The lowest BCUT2D eigenvalue weighted by Crippen LogP contribution is -2.16. The highest BCUT2D eigenvalue weighted by Crippen LogP contribution is 2.20. The molecule has 0 fully saturated rings. The van der Waals surface area contributed by atoms with E-state index in [9.17, 15) is 4.79 Å². The van der Waals surface area contributed by atoms with Gasteiger partial charge in [0.05, 0.1) is 0 Å². The first-order chi connectivity index (χ1) is 12.2. The minimum Gasteiger partial charge on any atom is -0.370 e. The number of aryl methyl sites for hydroxylation is 1. The number of amides is 1. The average Bonchev–Trinajstić information content (AvgIpc) is 2.63. The number of benzene rings is 1. The summed E-state index contributed by atoms with van der Waals surface area (Å²) < 4.78 is 0. The molecule has 2 N–H and O–H groups in total. The minimum absolute atomic E-state index is 0.227. The van der Waals surface area contributed by atoms with Crippen molar-refractivity contribution in [2.45, 2.75) is 39.0 Å². The summed E-state index contributed by atoms with van der Waals surface area (Å²) >= 11 is 0. The van der Waals surface area contributed by atoms with Crippen LogP contribution in [0.15, 0.2) is 48.0 Å². The summed E-state index contributed by atoms with van der Waals surface area (Å²) in [5.74, 6) is 1.05. The number of aromatic nitrogens is 2. The van der Waals surface area contributed by atoms with Crippen LogP contribution in [-0.4, -0.2) is 22.4 Å². The third kappa shape index (κ3) is 5.14. The molecule has 0 bridgehead atoms. The molecule has 1 aromatic carbocycles. The van der Waals surface area contributed by atoms with Crippen molar-refractivity contribution < 1.29 is 4.79 Å². The molecule has 0 atom stereocenters. The number of hydrogen-bond donors (Lipinski definition) is 2. The van der Waals surface area contributed by atoms with Crippen LogP contribution in [0.1, 0.15) is 48.4 Å². The number of nitrogens with one attached hydrogen (secondary N) is 2. The third-order valence-corrected chi connectivity index (χ3v) is 4.24. The third-order valence-electron chi connectivity index (χ3n) is 4.24. The first kappa shape index (κ1) is 17.1. The smallest absolute Gasteiger partial charge is 0.274 e. The first-order valence-corrected chi connectivity index (χ1v) is 8.84. The Morgan fingerprint density at radius 3 is 2.76 bits per heavy atom. The van der Waals surface area contributed by atoms with E-state index in [0.717, 1.165) is 18.7 Å². The summed E-state index contributed by atoms with van der Waals surface area (Å²) in [6, 6.07) is 11.1. The van der Waals surface area contributed by atoms with E-state index in [4.69, 9.17) is 0 Å². The second-order valence-electron chi connectivity index (χ2n) is 6.29. The maximum absolute atomic E-state index is 12.4. The lowest BCUT2D eigenvalue weighted by atomic mass is 9.97. The zero-order chi connectivity index (χ0) is 17.5. The van der Waals surface area contributed by atoms with Crippen LogP contribution in [0.25, 0.3) is 0 Å². The number of carbonyl (C=O) groups is 1. The molecule has 3 rings (SSSR count). The van der Waals surface area contributed by atoms with Crippen LogP contribution in [0.2, 0.25) is 0 Å². The molecule has 2 aromatic rings. The molecule has 0 saturated heterocycles. The minimum atomic E-state index is -0.227. The van der Waals surface area contributed by atoms with Crippen LogP contribution >= 0.6 is 0 Å². The van der Waals surface area contributed by atoms with E-state index in [1.54, 1.807) is 13.0 Å². The fourth-order valence-corrected chi connectivity index (χ4v) is 2.97. The molecule has 0 radical (unpaired) electrons. The number of nitrogens with zero attached hydrogens (tertiary/aromatic N) is 2. The second kappa shape index (κ2) is 8.42. The fourth-order valence-electron chi connectivity index (χ4n) is 2.97. The lowest BCUT2D eigenvalue weighted by molar-refractivity contribution is 0.102. The van der Waals surface area contributed by atoms with Gasteiger partial charge in [-0.05, 0) is 51.2 Å². The number of hydrogen-bond acceptors (Lipinski definition) is 4. The largest absolute Gasteiger partial charge is 0.370 e. The van der Waals surface area contributed by atoms with Crippen molar-refractivity contribution >= 4 is 17.4 Å². The van der Waals surface area contributed by atoms with Gasteiger partial charge in [-0.15, -0.1) is 0 Å². The van der Waals surface area contributed by atoms with Gasteiger partial charge in [-0.2, -0.15) is 0 Å². The molecule has 5 heteroatoms. The molecule has 0 spiro atoms. The van der Waals surface area contributed by atoms with E-state index in [1.807, 2.05) is 30.3 Å². The number of allylic oxidation sites excluding steroid dienone is 1. The van der Waals surface area contributed by atoms with E-state index < -0.39 is 0 Å². The standard InChI is InChI=1S/C20H24N4O/c1-15-22-18(20(25)24-17-10-6-3-7-11-17)14-19(23-15)21-13-12-16-8-4-2-5-9-16/h3,6-8,10-11,14H,2,4-5,9,12-13H2,1H3,(H,24,25)(H,21,22,23). The van der Waals surface area contributed by atoms with Gasteiger partial charge >= 0.3 is 0 Å². The van der Waals surface area contributed by atoms with Crippen LogP contribution in [0.3, 0.4) is 0 Å². The van der Waals surface area contributed by atoms with Crippen LogP contribution in [0.4, 0.5) is 11.5 Å². The normalized spacial score (nSPS) is 13.9. The first-order valence-electron chi connectivity index (χ1n) is 8.84. The number of carbonyl (C=O) groups excluding carboxylic acids is 1. The lowest BCUT2D eigenvalue weighted by Gasteiger charge is -2.13.